The highest BCUT2D eigenvalue weighted by molar-refractivity contribution is 6.69. The van der Waals surface area contributed by atoms with Crippen LogP contribution in [0.3, 0.4) is 0 Å². The third-order valence-electron chi connectivity index (χ3n) is 1.30. The Morgan fingerprint density at radius 1 is 1.21 bits per heavy atom. The van der Waals surface area contributed by atoms with Gasteiger partial charge >= 0.3 is 9.95 Å². The lowest BCUT2D eigenvalue weighted by molar-refractivity contribution is -0.149. The Labute approximate surface area is 112 Å². The molecule has 8 heteroatoms. The Hall–Kier alpha value is 1.21. The van der Waals surface area contributed by atoms with Gasteiger partial charge in [0, 0.05) is 0 Å². The summed E-state index contributed by atoms with van der Waals surface area (Å²) >= 11 is 32.3. The van der Waals surface area contributed by atoms with E-state index in [-0.39, 0.29) is 6.42 Å². The molecule has 1 atom stereocenters. The number of ether oxygens (including phenoxy) is 1. The topological polar surface area (TPSA) is 26.3 Å². The third kappa shape index (κ3) is 5.94. The van der Waals surface area contributed by atoms with E-state index in [4.69, 9.17) is 69.6 Å². The zero-order valence-corrected chi connectivity index (χ0v) is 11.4. The molecular weight excluding hydrogens is 317 g/mol. The fourth-order valence-corrected chi connectivity index (χ4v) is 1.68. The van der Waals surface area contributed by atoms with Crippen LogP contribution in [0.5, 0.6) is 0 Å². The van der Waals surface area contributed by atoms with Crippen LogP contribution in [-0.2, 0) is 9.53 Å². The number of hydrogen-bond acceptors (Lipinski definition) is 2. The van der Waals surface area contributed by atoms with Crippen molar-refractivity contribution in [2.24, 2.45) is 5.92 Å². The van der Waals surface area contributed by atoms with Crippen molar-refractivity contribution in [3.8, 4) is 0 Å². The molecule has 0 rings (SSSR count). The summed E-state index contributed by atoms with van der Waals surface area (Å²) in [5.74, 6) is -1.84. The normalized spacial score (nSPS) is 15.1. The lowest BCUT2D eigenvalue weighted by Gasteiger charge is -2.23. The zero-order valence-electron chi connectivity index (χ0n) is 6.87. The second-order valence-corrected chi connectivity index (χ2v) is 6.92. The van der Waals surface area contributed by atoms with E-state index in [1.165, 1.54) is 0 Å². The van der Waals surface area contributed by atoms with Gasteiger partial charge in [-0.25, -0.2) is 0 Å². The van der Waals surface area contributed by atoms with Gasteiger partial charge in [0.15, 0.2) is 0 Å². The molecular formula is C6H6Cl6O2. The molecule has 0 radical (unpaired) electrons. The van der Waals surface area contributed by atoms with E-state index in [1.54, 1.807) is 6.92 Å². The molecule has 14 heavy (non-hydrogen) atoms. The van der Waals surface area contributed by atoms with Gasteiger partial charge < -0.3 is 4.74 Å². The number of carbonyl (C=O) groups excluding carboxylic acids is 1. The van der Waals surface area contributed by atoms with Crippen LogP contribution in [0.2, 0.25) is 0 Å². The van der Waals surface area contributed by atoms with E-state index in [9.17, 15) is 4.79 Å². The highest BCUT2D eigenvalue weighted by Gasteiger charge is 2.41. The first kappa shape index (κ1) is 15.2. The highest BCUT2D eigenvalue weighted by atomic mass is 35.6. The quantitative estimate of drug-likeness (QED) is 0.561. The van der Waals surface area contributed by atoms with Gasteiger partial charge in [0.1, 0.15) is 5.92 Å². The largest absolute Gasteiger partial charge is 0.414 e. The molecule has 0 aromatic heterocycles. The molecule has 1 unspecified atom stereocenters. The molecule has 0 spiro atoms. The van der Waals surface area contributed by atoms with Crippen molar-refractivity contribution in [3.05, 3.63) is 0 Å². The first-order chi connectivity index (χ1) is 6.08. The molecule has 0 aliphatic rings. The van der Waals surface area contributed by atoms with Gasteiger partial charge in [-0.05, 0) is 41.2 Å². The molecule has 84 valence electrons. The van der Waals surface area contributed by atoms with Crippen LogP contribution >= 0.6 is 69.6 Å². The number of rotatable bonds is 2. The number of carbonyl (C=O) groups is 1. The summed E-state index contributed by atoms with van der Waals surface area (Å²) in [5.41, 5.74) is 0. The van der Waals surface area contributed by atoms with Crippen LogP contribution in [0.1, 0.15) is 13.3 Å². The van der Waals surface area contributed by atoms with Gasteiger partial charge in [0.2, 0.25) is 3.79 Å². The smallest absolute Gasteiger partial charge is 0.340 e. The van der Waals surface area contributed by atoms with Crippen LogP contribution in [0.25, 0.3) is 0 Å². The summed E-state index contributed by atoms with van der Waals surface area (Å²) in [6.45, 7) is 1.65. The standard InChI is InChI=1S/C6H6Cl6O2/c1-2-3(5(7,8)9)4(13)14-6(10,11)12/h3H,2H2,1H3. The van der Waals surface area contributed by atoms with Crippen molar-refractivity contribution in [2.75, 3.05) is 0 Å². The maximum atomic E-state index is 11.3. The van der Waals surface area contributed by atoms with Crippen molar-refractivity contribution in [1.29, 1.82) is 0 Å². The summed E-state index contributed by atoms with van der Waals surface area (Å²) in [4.78, 5) is 11.3. The van der Waals surface area contributed by atoms with Crippen LogP contribution in [0.15, 0.2) is 0 Å². The minimum absolute atomic E-state index is 0.260. The van der Waals surface area contributed by atoms with E-state index in [1.807, 2.05) is 0 Å². The summed E-state index contributed by atoms with van der Waals surface area (Å²) in [7, 11) is 0. The van der Waals surface area contributed by atoms with Crippen molar-refractivity contribution in [3.63, 3.8) is 0 Å². The highest BCUT2D eigenvalue weighted by Crippen LogP contribution is 2.39. The Balaban J connectivity index is 4.50. The molecule has 0 saturated heterocycles. The maximum Gasteiger partial charge on any atom is 0.340 e. The summed E-state index contributed by atoms with van der Waals surface area (Å²) in [6.07, 6.45) is 0.260. The molecule has 0 heterocycles. The number of hydrogen-bond donors (Lipinski definition) is 0. The van der Waals surface area contributed by atoms with Crippen LogP contribution in [0, 0.1) is 5.92 Å². The van der Waals surface area contributed by atoms with Crippen LogP contribution in [0.4, 0.5) is 0 Å². The van der Waals surface area contributed by atoms with Gasteiger partial charge in [-0.15, -0.1) is 0 Å². The van der Waals surface area contributed by atoms with Gasteiger partial charge in [0.05, 0.1) is 0 Å². The Morgan fingerprint density at radius 3 is 1.86 bits per heavy atom. The Kier molecular flexibility index (Phi) is 5.99. The molecule has 0 aliphatic heterocycles. The van der Waals surface area contributed by atoms with Crippen molar-refractivity contribution in [2.45, 2.75) is 21.1 Å². The summed E-state index contributed by atoms with van der Waals surface area (Å²) in [5, 5.41) is 0. The molecule has 0 amide bonds. The first-order valence-electron chi connectivity index (χ1n) is 3.44. The molecule has 0 bridgehead atoms. The van der Waals surface area contributed by atoms with E-state index in [2.05, 4.69) is 4.74 Å². The monoisotopic (exact) mass is 320 g/mol. The van der Waals surface area contributed by atoms with Gasteiger partial charge in [-0.3, -0.25) is 4.79 Å². The number of alkyl halides is 6. The Bertz CT molecular complexity index is 205. The maximum absolute atomic E-state index is 11.3. The Morgan fingerprint density at radius 2 is 1.64 bits per heavy atom. The second kappa shape index (κ2) is 5.51. The number of halogens is 6. The summed E-state index contributed by atoms with van der Waals surface area (Å²) < 4.78 is 0.507. The summed E-state index contributed by atoms with van der Waals surface area (Å²) in [6, 6.07) is 0. The fraction of sp³-hybridized carbons (Fsp3) is 0.833. The van der Waals surface area contributed by atoms with Crippen LogP contribution in [-0.4, -0.2) is 13.7 Å². The zero-order chi connectivity index (χ0) is 11.6. The van der Waals surface area contributed by atoms with E-state index in [0.29, 0.717) is 0 Å². The van der Waals surface area contributed by atoms with Crippen molar-refractivity contribution in [1.82, 2.24) is 0 Å². The first-order valence-corrected chi connectivity index (χ1v) is 5.71. The average Bonchev–Trinajstić information content (AvgIpc) is 1.79. The van der Waals surface area contributed by atoms with Crippen molar-refractivity contribution >= 4 is 75.6 Å². The second-order valence-electron chi connectivity index (χ2n) is 2.37. The van der Waals surface area contributed by atoms with E-state index in [0.717, 1.165) is 0 Å². The minimum Gasteiger partial charge on any atom is -0.414 e. The predicted octanol–water partition coefficient (Wildman–Crippen LogP) is 4.25. The molecule has 0 saturated carbocycles. The van der Waals surface area contributed by atoms with Gasteiger partial charge in [-0.1, -0.05) is 41.7 Å². The molecule has 0 N–H and O–H groups in total. The molecule has 0 fully saturated rings. The van der Waals surface area contributed by atoms with Gasteiger partial charge in [0.25, 0.3) is 0 Å². The van der Waals surface area contributed by atoms with Gasteiger partial charge in [-0.2, -0.15) is 0 Å². The SMILES string of the molecule is CCC(C(=O)OC(Cl)(Cl)Cl)C(Cl)(Cl)Cl. The lowest BCUT2D eigenvalue weighted by atomic mass is 10.1. The van der Waals surface area contributed by atoms with Crippen LogP contribution < -0.4 is 0 Å². The lowest BCUT2D eigenvalue weighted by Crippen LogP contribution is -2.32. The van der Waals surface area contributed by atoms with E-state index < -0.39 is 19.7 Å². The molecule has 0 aromatic carbocycles. The predicted molar refractivity (Wildman–Crippen MR) is 60.5 cm³/mol. The fourth-order valence-electron chi connectivity index (χ4n) is 0.717. The average molecular weight is 323 g/mol. The molecule has 0 aliphatic carbocycles. The molecule has 2 nitrogen and oxygen atoms in total. The van der Waals surface area contributed by atoms with Crippen molar-refractivity contribution < 1.29 is 9.53 Å². The minimum atomic E-state index is -2.14. The molecule has 0 aromatic rings. The van der Waals surface area contributed by atoms with E-state index >= 15 is 0 Å². The number of esters is 1. The third-order valence-corrected chi connectivity index (χ3v) is 2.33.